The summed E-state index contributed by atoms with van der Waals surface area (Å²) in [6.07, 6.45) is 0. The van der Waals surface area contributed by atoms with Crippen LogP contribution in [0.2, 0.25) is 0 Å². The molecular weight excluding hydrogens is 380 g/mol. The summed E-state index contributed by atoms with van der Waals surface area (Å²) in [5.41, 5.74) is 2.90. The predicted molar refractivity (Wildman–Crippen MR) is 119 cm³/mol. The molecule has 0 aliphatic heterocycles. The molecule has 1 amide bonds. The average molecular weight is 403 g/mol. The van der Waals surface area contributed by atoms with Crippen LogP contribution in [0.25, 0.3) is 10.2 Å². The third kappa shape index (κ3) is 4.30. The summed E-state index contributed by atoms with van der Waals surface area (Å²) in [5, 5.41) is 0.644. The van der Waals surface area contributed by atoms with Gasteiger partial charge in [0, 0.05) is 0 Å². The van der Waals surface area contributed by atoms with Gasteiger partial charge in [0.25, 0.3) is 5.91 Å². The molecule has 4 aromatic rings. The number of para-hydroxylation sites is 2. The lowest BCUT2D eigenvalue weighted by Gasteiger charge is -2.21. The zero-order valence-corrected chi connectivity index (χ0v) is 17.2. The molecule has 0 bridgehead atoms. The molecule has 1 heterocycles. The second-order valence-electron chi connectivity index (χ2n) is 7.04. The Morgan fingerprint density at radius 1 is 0.966 bits per heavy atom. The van der Waals surface area contributed by atoms with Crippen molar-refractivity contribution in [3.05, 3.63) is 84.4 Å². The van der Waals surface area contributed by atoms with E-state index in [9.17, 15) is 4.79 Å². The number of amides is 1. The number of carbonyl (C=O) groups is 1. The summed E-state index contributed by atoms with van der Waals surface area (Å²) in [5.74, 6) is 0.933. The number of thiazole rings is 1. The Morgan fingerprint density at radius 2 is 1.66 bits per heavy atom. The molecular formula is C24H22N2O2S. The topological polar surface area (TPSA) is 42.4 Å². The lowest BCUT2D eigenvalue weighted by atomic mass is 10.0. The molecule has 3 aromatic carbocycles. The van der Waals surface area contributed by atoms with Gasteiger partial charge in [-0.1, -0.05) is 67.6 Å². The third-order valence-electron chi connectivity index (χ3n) is 4.65. The van der Waals surface area contributed by atoms with Gasteiger partial charge in [-0.05, 0) is 47.9 Å². The molecule has 0 spiro atoms. The van der Waals surface area contributed by atoms with Gasteiger partial charge in [-0.25, -0.2) is 4.98 Å². The van der Waals surface area contributed by atoms with Gasteiger partial charge in [0.05, 0.1) is 15.9 Å². The number of hydrogen-bond acceptors (Lipinski definition) is 4. The zero-order chi connectivity index (χ0) is 20.2. The standard InChI is InChI=1S/C24H22N2O2S/c1-17(2)18-12-14-19(15-13-18)26(23(27)16-28-20-8-4-3-5-9-20)24-25-21-10-6-7-11-22(21)29-24/h3-15,17H,16H2,1-2H3. The van der Waals surface area contributed by atoms with E-state index in [4.69, 9.17) is 9.72 Å². The van der Waals surface area contributed by atoms with Crippen molar-refractivity contribution in [1.29, 1.82) is 0 Å². The number of aromatic nitrogens is 1. The van der Waals surface area contributed by atoms with Gasteiger partial charge in [0.1, 0.15) is 5.75 Å². The van der Waals surface area contributed by atoms with Crippen molar-refractivity contribution in [3.8, 4) is 5.75 Å². The minimum Gasteiger partial charge on any atom is -0.484 e. The maximum Gasteiger partial charge on any atom is 0.271 e. The number of carbonyl (C=O) groups excluding carboxylic acids is 1. The van der Waals surface area contributed by atoms with E-state index >= 15 is 0 Å². The van der Waals surface area contributed by atoms with Gasteiger partial charge in [-0.3, -0.25) is 9.69 Å². The quantitative estimate of drug-likeness (QED) is 0.388. The van der Waals surface area contributed by atoms with E-state index in [0.717, 1.165) is 15.9 Å². The number of ether oxygens (including phenoxy) is 1. The molecule has 5 heteroatoms. The highest BCUT2D eigenvalue weighted by Crippen LogP contribution is 2.34. The second kappa shape index (κ2) is 8.45. The number of rotatable bonds is 6. The first-order chi connectivity index (χ1) is 14.1. The number of hydrogen-bond donors (Lipinski definition) is 0. The Balaban J connectivity index is 1.67. The molecule has 146 valence electrons. The van der Waals surface area contributed by atoms with Crippen molar-refractivity contribution >= 4 is 38.3 Å². The molecule has 4 rings (SSSR count). The van der Waals surface area contributed by atoms with Crippen molar-refractivity contribution in [1.82, 2.24) is 4.98 Å². The van der Waals surface area contributed by atoms with Gasteiger partial charge < -0.3 is 4.74 Å². The summed E-state index contributed by atoms with van der Waals surface area (Å²) in [6, 6.07) is 25.3. The molecule has 0 saturated carbocycles. The summed E-state index contributed by atoms with van der Waals surface area (Å²) >= 11 is 1.50. The third-order valence-corrected chi connectivity index (χ3v) is 5.67. The van der Waals surface area contributed by atoms with E-state index < -0.39 is 0 Å². The van der Waals surface area contributed by atoms with Gasteiger partial charge in [-0.2, -0.15) is 0 Å². The van der Waals surface area contributed by atoms with Gasteiger partial charge in [-0.15, -0.1) is 0 Å². The van der Waals surface area contributed by atoms with Crippen LogP contribution in [0.4, 0.5) is 10.8 Å². The Bertz CT molecular complexity index is 1070. The van der Waals surface area contributed by atoms with Gasteiger partial charge >= 0.3 is 0 Å². The Kier molecular flexibility index (Phi) is 5.58. The van der Waals surface area contributed by atoms with E-state index in [1.807, 2.05) is 66.7 Å². The molecule has 0 aliphatic rings. The number of nitrogens with zero attached hydrogens (tertiary/aromatic N) is 2. The predicted octanol–water partition coefficient (Wildman–Crippen LogP) is 6.16. The Labute approximate surface area is 174 Å². The molecule has 0 N–H and O–H groups in total. The molecule has 0 fully saturated rings. The number of fused-ring (bicyclic) bond motifs is 1. The largest absolute Gasteiger partial charge is 0.484 e. The highest BCUT2D eigenvalue weighted by molar-refractivity contribution is 7.22. The van der Waals surface area contributed by atoms with Crippen LogP contribution >= 0.6 is 11.3 Å². The van der Waals surface area contributed by atoms with Crippen molar-refractivity contribution in [2.75, 3.05) is 11.5 Å². The van der Waals surface area contributed by atoms with Crippen molar-refractivity contribution in [2.45, 2.75) is 19.8 Å². The molecule has 0 saturated heterocycles. The highest BCUT2D eigenvalue weighted by atomic mass is 32.1. The molecule has 4 nitrogen and oxygen atoms in total. The van der Waals surface area contributed by atoms with Crippen molar-refractivity contribution in [3.63, 3.8) is 0 Å². The fourth-order valence-electron chi connectivity index (χ4n) is 3.05. The first-order valence-corrected chi connectivity index (χ1v) is 10.4. The fraction of sp³-hybridized carbons (Fsp3) is 0.167. The van der Waals surface area contributed by atoms with Crippen LogP contribution in [0.5, 0.6) is 5.75 Å². The molecule has 0 aliphatic carbocycles. The maximum atomic E-state index is 13.2. The molecule has 29 heavy (non-hydrogen) atoms. The SMILES string of the molecule is CC(C)c1ccc(N(C(=O)COc2ccccc2)c2nc3ccccc3s2)cc1. The summed E-state index contributed by atoms with van der Waals surface area (Å²) in [4.78, 5) is 19.5. The molecule has 0 radical (unpaired) electrons. The van der Waals surface area contributed by atoms with Crippen LogP contribution < -0.4 is 9.64 Å². The first kappa shape index (κ1) is 19.2. The Morgan fingerprint density at radius 3 is 2.34 bits per heavy atom. The maximum absolute atomic E-state index is 13.2. The second-order valence-corrected chi connectivity index (χ2v) is 8.05. The lowest BCUT2D eigenvalue weighted by molar-refractivity contribution is -0.119. The molecule has 0 atom stereocenters. The first-order valence-electron chi connectivity index (χ1n) is 9.58. The Hall–Kier alpha value is -3.18. The summed E-state index contributed by atoms with van der Waals surface area (Å²) in [6.45, 7) is 4.24. The highest BCUT2D eigenvalue weighted by Gasteiger charge is 2.22. The van der Waals surface area contributed by atoms with Crippen LogP contribution in [0.3, 0.4) is 0 Å². The smallest absolute Gasteiger partial charge is 0.271 e. The monoisotopic (exact) mass is 402 g/mol. The molecule has 1 aromatic heterocycles. The van der Waals surface area contributed by atoms with Crippen LogP contribution in [-0.4, -0.2) is 17.5 Å². The van der Waals surface area contributed by atoms with Gasteiger partial charge in [0.15, 0.2) is 11.7 Å². The normalized spacial score (nSPS) is 11.0. The summed E-state index contributed by atoms with van der Waals surface area (Å²) in [7, 11) is 0. The van der Waals surface area contributed by atoms with Crippen LogP contribution in [0.1, 0.15) is 25.3 Å². The van der Waals surface area contributed by atoms with E-state index in [-0.39, 0.29) is 12.5 Å². The van der Waals surface area contributed by atoms with E-state index in [1.54, 1.807) is 4.90 Å². The van der Waals surface area contributed by atoms with Crippen molar-refractivity contribution in [2.24, 2.45) is 0 Å². The number of benzene rings is 3. The van der Waals surface area contributed by atoms with E-state index in [0.29, 0.717) is 16.8 Å². The van der Waals surface area contributed by atoms with E-state index in [2.05, 4.69) is 26.0 Å². The zero-order valence-electron chi connectivity index (χ0n) is 16.4. The van der Waals surface area contributed by atoms with Gasteiger partial charge in [0.2, 0.25) is 0 Å². The van der Waals surface area contributed by atoms with E-state index in [1.165, 1.54) is 16.9 Å². The fourth-order valence-corrected chi connectivity index (χ4v) is 4.06. The van der Waals surface area contributed by atoms with Crippen LogP contribution in [-0.2, 0) is 4.79 Å². The molecule has 0 unspecified atom stereocenters. The van der Waals surface area contributed by atoms with Crippen molar-refractivity contribution < 1.29 is 9.53 Å². The number of anilines is 2. The minimum atomic E-state index is -0.162. The average Bonchev–Trinajstić information content (AvgIpc) is 3.17. The minimum absolute atomic E-state index is 0.0636. The summed E-state index contributed by atoms with van der Waals surface area (Å²) < 4.78 is 6.76. The lowest BCUT2D eigenvalue weighted by Crippen LogP contribution is -2.30. The van der Waals surface area contributed by atoms with Crippen LogP contribution in [0.15, 0.2) is 78.9 Å². The van der Waals surface area contributed by atoms with Crippen LogP contribution in [0, 0.1) is 0 Å².